The summed E-state index contributed by atoms with van der Waals surface area (Å²) in [6, 6.07) is 5.26. The highest BCUT2D eigenvalue weighted by molar-refractivity contribution is 5.27. The van der Waals surface area contributed by atoms with Crippen molar-refractivity contribution in [1.29, 1.82) is 0 Å². The van der Waals surface area contributed by atoms with E-state index in [-0.39, 0.29) is 0 Å². The maximum absolute atomic E-state index is 12.6. The molecule has 1 aliphatic carbocycles. The molecule has 0 aliphatic heterocycles. The molecule has 2 N–H and O–H groups in total. The normalized spacial score (nSPS) is 24.9. The van der Waals surface area contributed by atoms with Gasteiger partial charge in [0, 0.05) is 12.6 Å². The Bertz CT molecular complexity index is 447. The van der Waals surface area contributed by atoms with Gasteiger partial charge in [-0.2, -0.15) is 13.2 Å². The SMILES string of the molecule is CC1CCC(NCC(O)c2cccc(C(F)(F)F)c2)C1. The number of aliphatic hydroxyl groups is 1. The van der Waals surface area contributed by atoms with Gasteiger partial charge in [-0.05, 0) is 42.9 Å². The molecular formula is C15H20F3NO. The van der Waals surface area contributed by atoms with E-state index in [1.165, 1.54) is 12.1 Å². The summed E-state index contributed by atoms with van der Waals surface area (Å²) in [5.74, 6) is 0.679. The number of hydrogen-bond acceptors (Lipinski definition) is 2. The molecule has 0 spiro atoms. The number of benzene rings is 1. The van der Waals surface area contributed by atoms with Gasteiger partial charge in [-0.25, -0.2) is 0 Å². The lowest BCUT2D eigenvalue weighted by molar-refractivity contribution is -0.137. The average molecular weight is 287 g/mol. The quantitative estimate of drug-likeness (QED) is 0.888. The summed E-state index contributed by atoms with van der Waals surface area (Å²) in [4.78, 5) is 0. The molecule has 2 nitrogen and oxygen atoms in total. The number of alkyl halides is 3. The fourth-order valence-corrected chi connectivity index (χ4v) is 2.71. The molecule has 0 heterocycles. The van der Waals surface area contributed by atoms with Crippen molar-refractivity contribution in [3.05, 3.63) is 35.4 Å². The summed E-state index contributed by atoms with van der Waals surface area (Å²) in [6.45, 7) is 2.48. The van der Waals surface area contributed by atoms with Crippen molar-refractivity contribution >= 4 is 0 Å². The number of nitrogens with one attached hydrogen (secondary N) is 1. The highest BCUT2D eigenvalue weighted by Crippen LogP contribution is 2.31. The first-order valence-electron chi connectivity index (χ1n) is 6.95. The molecule has 1 fully saturated rings. The van der Waals surface area contributed by atoms with Crippen molar-refractivity contribution in [2.24, 2.45) is 5.92 Å². The minimum atomic E-state index is -4.37. The van der Waals surface area contributed by atoms with Crippen LogP contribution in [0.1, 0.15) is 43.4 Å². The fraction of sp³-hybridized carbons (Fsp3) is 0.600. The van der Waals surface area contributed by atoms with Gasteiger partial charge < -0.3 is 10.4 Å². The molecule has 2 rings (SSSR count). The Morgan fingerprint density at radius 2 is 2.10 bits per heavy atom. The van der Waals surface area contributed by atoms with Crippen LogP contribution in [0, 0.1) is 5.92 Å². The highest BCUT2D eigenvalue weighted by Gasteiger charge is 2.31. The van der Waals surface area contributed by atoms with E-state index < -0.39 is 17.8 Å². The molecule has 3 unspecified atom stereocenters. The Labute approximate surface area is 117 Å². The first kappa shape index (κ1) is 15.3. The number of aliphatic hydroxyl groups excluding tert-OH is 1. The van der Waals surface area contributed by atoms with Crippen LogP contribution in [-0.4, -0.2) is 17.7 Å². The fourth-order valence-electron chi connectivity index (χ4n) is 2.71. The molecule has 1 saturated carbocycles. The van der Waals surface area contributed by atoms with Gasteiger partial charge in [0.25, 0.3) is 0 Å². The molecule has 112 valence electrons. The minimum Gasteiger partial charge on any atom is -0.387 e. The Kier molecular flexibility index (Phi) is 4.70. The van der Waals surface area contributed by atoms with E-state index in [0.29, 0.717) is 24.1 Å². The summed E-state index contributed by atoms with van der Waals surface area (Å²) in [5, 5.41) is 13.2. The van der Waals surface area contributed by atoms with Gasteiger partial charge >= 0.3 is 6.18 Å². The van der Waals surface area contributed by atoms with Gasteiger partial charge in [-0.1, -0.05) is 19.1 Å². The number of halogens is 3. The summed E-state index contributed by atoms with van der Waals surface area (Å²) >= 11 is 0. The molecule has 1 aromatic carbocycles. The van der Waals surface area contributed by atoms with Crippen molar-refractivity contribution in [1.82, 2.24) is 5.32 Å². The molecular weight excluding hydrogens is 267 g/mol. The second kappa shape index (κ2) is 6.14. The third-order valence-corrected chi connectivity index (χ3v) is 3.89. The van der Waals surface area contributed by atoms with Gasteiger partial charge in [-0.15, -0.1) is 0 Å². The van der Waals surface area contributed by atoms with Crippen LogP contribution in [0.25, 0.3) is 0 Å². The number of rotatable bonds is 4. The largest absolute Gasteiger partial charge is 0.416 e. The Morgan fingerprint density at radius 1 is 1.35 bits per heavy atom. The van der Waals surface area contributed by atoms with E-state index in [9.17, 15) is 18.3 Å². The van der Waals surface area contributed by atoms with Crippen LogP contribution in [-0.2, 0) is 6.18 Å². The predicted octanol–water partition coefficient (Wildman–Crippen LogP) is 3.52. The van der Waals surface area contributed by atoms with Crippen molar-refractivity contribution in [3.8, 4) is 0 Å². The lowest BCUT2D eigenvalue weighted by atomic mass is 10.1. The van der Waals surface area contributed by atoms with Crippen molar-refractivity contribution in [2.45, 2.75) is 44.5 Å². The van der Waals surface area contributed by atoms with Crippen LogP contribution in [0.5, 0.6) is 0 Å². The van der Waals surface area contributed by atoms with E-state index in [1.807, 2.05) is 0 Å². The van der Waals surface area contributed by atoms with Gasteiger partial charge in [0.05, 0.1) is 11.7 Å². The molecule has 3 atom stereocenters. The zero-order valence-corrected chi connectivity index (χ0v) is 11.5. The van der Waals surface area contributed by atoms with Crippen LogP contribution < -0.4 is 5.32 Å². The Hall–Kier alpha value is -1.07. The zero-order valence-electron chi connectivity index (χ0n) is 11.5. The van der Waals surface area contributed by atoms with Crippen LogP contribution in [0.3, 0.4) is 0 Å². The maximum atomic E-state index is 12.6. The van der Waals surface area contributed by atoms with Crippen LogP contribution in [0.4, 0.5) is 13.2 Å². The molecule has 0 radical (unpaired) electrons. The van der Waals surface area contributed by atoms with Gasteiger partial charge in [0.15, 0.2) is 0 Å². The molecule has 5 heteroatoms. The van der Waals surface area contributed by atoms with E-state index >= 15 is 0 Å². The van der Waals surface area contributed by atoms with Crippen molar-refractivity contribution in [2.75, 3.05) is 6.54 Å². The predicted molar refractivity (Wildman–Crippen MR) is 71.2 cm³/mol. The van der Waals surface area contributed by atoms with E-state index in [1.54, 1.807) is 0 Å². The standard InChI is InChI=1S/C15H20F3NO/c1-10-5-6-13(7-10)19-9-14(20)11-3-2-4-12(8-11)15(16,17)18/h2-4,8,10,13-14,19-20H,5-7,9H2,1H3. The van der Waals surface area contributed by atoms with Crippen LogP contribution >= 0.6 is 0 Å². The monoisotopic (exact) mass is 287 g/mol. The molecule has 0 amide bonds. The smallest absolute Gasteiger partial charge is 0.387 e. The first-order valence-corrected chi connectivity index (χ1v) is 6.95. The van der Waals surface area contributed by atoms with E-state index in [0.717, 1.165) is 31.4 Å². The summed E-state index contributed by atoms with van der Waals surface area (Å²) in [6.07, 6.45) is -1.99. The van der Waals surface area contributed by atoms with Gasteiger partial charge in [0.2, 0.25) is 0 Å². The average Bonchev–Trinajstić information content (AvgIpc) is 2.81. The highest BCUT2D eigenvalue weighted by atomic mass is 19.4. The minimum absolute atomic E-state index is 0.290. The summed E-state index contributed by atoms with van der Waals surface area (Å²) in [5.41, 5.74) is -0.415. The lowest BCUT2D eigenvalue weighted by Gasteiger charge is -2.17. The molecule has 0 bridgehead atoms. The Morgan fingerprint density at radius 3 is 2.70 bits per heavy atom. The molecule has 0 aromatic heterocycles. The molecule has 1 aliphatic rings. The van der Waals surface area contributed by atoms with Crippen molar-refractivity contribution < 1.29 is 18.3 Å². The zero-order chi connectivity index (χ0) is 14.8. The van der Waals surface area contributed by atoms with Crippen molar-refractivity contribution in [3.63, 3.8) is 0 Å². The third-order valence-electron chi connectivity index (χ3n) is 3.89. The van der Waals surface area contributed by atoms with Crippen LogP contribution in [0.15, 0.2) is 24.3 Å². The van der Waals surface area contributed by atoms with Gasteiger partial charge in [-0.3, -0.25) is 0 Å². The summed E-state index contributed by atoms with van der Waals surface area (Å²) in [7, 11) is 0. The van der Waals surface area contributed by atoms with Crippen LogP contribution in [0.2, 0.25) is 0 Å². The second-order valence-electron chi connectivity index (χ2n) is 5.66. The molecule has 1 aromatic rings. The second-order valence-corrected chi connectivity index (χ2v) is 5.66. The third kappa shape index (κ3) is 3.96. The molecule has 20 heavy (non-hydrogen) atoms. The van der Waals surface area contributed by atoms with E-state index in [4.69, 9.17) is 0 Å². The Balaban J connectivity index is 1.93. The molecule has 0 saturated heterocycles. The van der Waals surface area contributed by atoms with Gasteiger partial charge in [0.1, 0.15) is 0 Å². The first-order chi connectivity index (χ1) is 9.36. The summed E-state index contributed by atoms with van der Waals surface area (Å²) < 4.78 is 37.8. The van der Waals surface area contributed by atoms with E-state index in [2.05, 4.69) is 12.2 Å². The lowest BCUT2D eigenvalue weighted by Crippen LogP contribution is -2.30. The number of hydrogen-bond donors (Lipinski definition) is 2. The maximum Gasteiger partial charge on any atom is 0.416 e. The topological polar surface area (TPSA) is 32.3 Å².